The summed E-state index contributed by atoms with van der Waals surface area (Å²) in [5, 5.41) is 2.05. The third-order valence-electron chi connectivity index (χ3n) is 1.81. The molecule has 0 fully saturated rings. The maximum atomic E-state index is 5.93. The average molecular weight is 167 g/mol. The highest BCUT2D eigenvalue weighted by molar-refractivity contribution is 7.10. The first-order valence-electron chi connectivity index (χ1n) is 3.67. The molecule has 1 heterocycles. The zero-order valence-electron chi connectivity index (χ0n) is 6.66. The molecule has 2 heteroatoms. The Balaban J connectivity index is 2.69. The van der Waals surface area contributed by atoms with Gasteiger partial charge in [-0.05, 0) is 17.4 Å². The molecule has 1 rings (SSSR count). The molecule has 2 N–H and O–H groups in total. The lowest BCUT2D eigenvalue weighted by Crippen LogP contribution is -2.15. The van der Waals surface area contributed by atoms with Gasteiger partial charge in [0.1, 0.15) is 0 Å². The van der Waals surface area contributed by atoms with Gasteiger partial charge in [0.2, 0.25) is 0 Å². The summed E-state index contributed by atoms with van der Waals surface area (Å²) in [5.74, 6) is 0.355. The SMILES string of the molecule is C=C[C@H](C)[C@@H](N)c1cccs1. The first-order chi connectivity index (χ1) is 5.25. The summed E-state index contributed by atoms with van der Waals surface area (Å²) >= 11 is 1.70. The van der Waals surface area contributed by atoms with Crippen LogP contribution in [0.4, 0.5) is 0 Å². The van der Waals surface area contributed by atoms with E-state index in [0.29, 0.717) is 5.92 Å². The molecule has 2 atom stereocenters. The lowest BCUT2D eigenvalue weighted by molar-refractivity contribution is 0.576. The summed E-state index contributed by atoms with van der Waals surface area (Å²) in [6, 6.07) is 4.21. The van der Waals surface area contributed by atoms with Crippen LogP contribution in [0, 0.1) is 5.92 Å². The zero-order valence-corrected chi connectivity index (χ0v) is 7.47. The van der Waals surface area contributed by atoms with Crippen molar-refractivity contribution in [3.8, 4) is 0 Å². The molecule has 1 nitrogen and oxygen atoms in total. The topological polar surface area (TPSA) is 26.0 Å². The third kappa shape index (κ3) is 1.91. The molecule has 1 aromatic rings. The predicted molar refractivity (Wildman–Crippen MR) is 50.6 cm³/mol. The molecule has 0 saturated carbocycles. The van der Waals surface area contributed by atoms with Gasteiger partial charge in [0.25, 0.3) is 0 Å². The van der Waals surface area contributed by atoms with Crippen LogP contribution in [0.15, 0.2) is 30.2 Å². The predicted octanol–water partition coefficient (Wildman–Crippen LogP) is 2.57. The van der Waals surface area contributed by atoms with Crippen LogP contribution >= 0.6 is 11.3 Å². The van der Waals surface area contributed by atoms with Crippen molar-refractivity contribution in [1.82, 2.24) is 0 Å². The molecule has 60 valence electrons. The summed E-state index contributed by atoms with van der Waals surface area (Å²) in [6.07, 6.45) is 1.89. The van der Waals surface area contributed by atoms with Crippen LogP contribution in [0.1, 0.15) is 17.8 Å². The van der Waals surface area contributed by atoms with Crippen LogP contribution in [0.25, 0.3) is 0 Å². The smallest absolute Gasteiger partial charge is 0.0450 e. The molecule has 0 aliphatic carbocycles. The largest absolute Gasteiger partial charge is 0.323 e. The highest BCUT2D eigenvalue weighted by atomic mass is 32.1. The second-order valence-corrected chi connectivity index (χ2v) is 3.62. The molecule has 0 unspecified atom stereocenters. The van der Waals surface area contributed by atoms with Gasteiger partial charge in [0, 0.05) is 10.9 Å². The van der Waals surface area contributed by atoms with Gasteiger partial charge in [-0.15, -0.1) is 17.9 Å². The number of hydrogen-bond donors (Lipinski definition) is 1. The Morgan fingerprint density at radius 3 is 2.91 bits per heavy atom. The maximum absolute atomic E-state index is 5.93. The molecule has 0 radical (unpaired) electrons. The highest BCUT2D eigenvalue weighted by Gasteiger charge is 2.11. The minimum atomic E-state index is 0.118. The Hall–Kier alpha value is -0.600. The summed E-state index contributed by atoms with van der Waals surface area (Å²) in [5.41, 5.74) is 5.93. The van der Waals surface area contributed by atoms with Crippen LogP contribution in [-0.2, 0) is 0 Å². The van der Waals surface area contributed by atoms with Crippen LogP contribution in [-0.4, -0.2) is 0 Å². The normalized spacial score (nSPS) is 15.8. The number of hydrogen-bond acceptors (Lipinski definition) is 2. The van der Waals surface area contributed by atoms with Gasteiger partial charge in [0.15, 0.2) is 0 Å². The number of thiophene rings is 1. The molecule has 0 saturated heterocycles. The van der Waals surface area contributed by atoms with Crippen molar-refractivity contribution in [1.29, 1.82) is 0 Å². The van der Waals surface area contributed by atoms with E-state index in [1.54, 1.807) is 11.3 Å². The summed E-state index contributed by atoms with van der Waals surface area (Å²) < 4.78 is 0. The Kier molecular flexibility index (Phi) is 2.85. The number of nitrogens with two attached hydrogens (primary N) is 1. The average Bonchev–Trinajstić information content (AvgIpc) is 2.53. The van der Waals surface area contributed by atoms with Crippen molar-refractivity contribution in [3.05, 3.63) is 35.0 Å². The second kappa shape index (κ2) is 3.69. The molecule has 0 amide bonds. The molecular formula is C9H13NS. The Morgan fingerprint density at radius 2 is 2.45 bits per heavy atom. The third-order valence-corrected chi connectivity index (χ3v) is 2.78. The van der Waals surface area contributed by atoms with Gasteiger partial charge in [-0.2, -0.15) is 0 Å². The molecule has 0 aromatic carbocycles. The van der Waals surface area contributed by atoms with E-state index < -0.39 is 0 Å². The monoisotopic (exact) mass is 167 g/mol. The van der Waals surface area contributed by atoms with Gasteiger partial charge >= 0.3 is 0 Å². The summed E-state index contributed by atoms with van der Waals surface area (Å²) in [4.78, 5) is 1.23. The van der Waals surface area contributed by atoms with E-state index in [1.165, 1.54) is 4.88 Å². The first kappa shape index (κ1) is 8.50. The highest BCUT2D eigenvalue weighted by Crippen LogP contribution is 2.23. The van der Waals surface area contributed by atoms with Crippen molar-refractivity contribution in [3.63, 3.8) is 0 Å². The van der Waals surface area contributed by atoms with Gasteiger partial charge in [-0.25, -0.2) is 0 Å². The van der Waals surface area contributed by atoms with E-state index in [0.717, 1.165) is 0 Å². The van der Waals surface area contributed by atoms with Gasteiger partial charge in [-0.3, -0.25) is 0 Å². The van der Waals surface area contributed by atoms with Crippen LogP contribution in [0.5, 0.6) is 0 Å². The van der Waals surface area contributed by atoms with Gasteiger partial charge in [-0.1, -0.05) is 19.1 Å². The van der Waals surface area contributed by atoms with Crippen LogP contribution in [0.3, 0.4) is 0 Å². The molecule has 0 bridgehead atoms. The van der Waals surface area contributed by atoms with E-state index in [9.17, 15) is 0 Å². The van der Waals surface area contributed by atoms with Crippen molar-refractivity contribution in [2.24, 2.45) is 11.7 Å². The van der Waals surface area contributed by atoms with Gasteiger partial charge < -0.3 is 5.73 Å². The number of rotatable bonds is 3. The van der Waals surface area contributed by atoms with Crippen LogP contribution < -0.4 is 5.73 Å². The molecule has 0 aliphatic rings. The maximum Gasteiger partial charge on any atom is 0.0450 e. The van der Waals surface area contributed by atoms with Crippen molar-refractivity contribution >= 4 is 11.3 Å². The van der Waals surface area contributed by atoms with Crippen molar-refractivity contribution < 1.29 is 0 Å². The fraction of sp³-hybridized carbons (Fsp3) is 0.333. The molecule has 0 spiro atoms. The van der Waals surface area contributed by atoms with E-state index in [2.05, 4.69) is 19.6 Å². The van der Waals surface area contributed by atoms with E-state index in [4.69, 9.17) is 5.73 Å². The van der Waals surface area contributed by atoms with E-state index in [-0.39, 0.29) is 6.04 Å². The van der Waals surface area contributed by atoms with Crippen molar-refractivity contribution in [2.75, 3.05) is 0 Å². The Labute approximate surface area is 71.5 Å². The molecule has 0 aliphatic heterocycles. The van der Waals surface area contributed by atoms with E-state index >= 15 is 0 Å². The Morgan fingerprint density at radius 1 is 1.73 bits per heavy atom. The lowest BCUT2D eigenvalue weighted by Gasteiger charge is -2.13. The minimum Gasteiger partial charge on any atom is -0.323 e. The van der Waals surface area contributed by atoms with Crippen LogP contribution in [0.2, 0.25) is 0 Å². The quantitative estimate of drug-likeness (QED) is 0.688. The first-order valence-corrected chi connectivity index (χ1v) is 4.55. The second-order valence-electron chi connectivity index (χ2n) is 2.64. The minimum absolute atomic E-state index is 0.118. The molecule has 11 heavy (non-hydrogen) atoms. The summed E-state index contributed by atoms with van der Waals surface area (Å²) in [6.45, 7) is 5.80. The standard InChI is InChI=1S/C9H13NS/c1-3-7(2)9(10)8-5-4-6-11-8/h3-7,9H,1,10H2,2H3/t7-,9+/m0/s1. The fourth-order valence-electron chi connectivity index (χ4n) is 0.887. The summed E-state index contributed by atoms with van der Waals surface area (Å²) in [7, 11) is 0. The van der Waals surface area contributed by atoms with Gasteiger partial charge in [0.05, 0.1) is 0 Å². The Bertz CT molecular complexity index is 215. The molecular weight excluding hydrogens is 154 g/mol. The van der Waals surface area contributed by atoms with E-state index in [1.807, 2.05) is 17.5 Å². The molecule has 1 aromatic heterocycles. The fourth-order valence-corrected chi connectivity index (χ4v) is 1.73. The van der Waals surface area contributed by atoms with Crippen molar-refractivity contribution in [2.45, 2.75) is 13.0 Å². The lowest BCUT2D eigenvalue weighted by atomic mass is 10.0. The zero-order chi connectivity index (χ0) is 8.27.